The summed E-state index contributed by atoms with van der Waals surface area (Å²) in [7, 11) is 0. The Labute approximate surface area is 135 Å². The third-order valence-corrected chi connectivity index (χ3v) is 6.31. The molecular formula is C17H24N2O2S. The van der Waals surface area contributed by atoms with E-state index in [9.17, 15) is 4.79 Å². The maximum Gasteiger partial charge on any atom is 0.230 e. The first-order chi connectivity index (χ1) is 10.8. The molecule has 2 aliphatic heterocycles. The molecule has 120 valence electrons. The van der Waals surface area contributed by atoms with Gasteiger partial charge in [-0.15, -0.1) is 0 Å². The van der Waals surface area contributed by atoms with Gasteiger partial charge in [0.2, 0.25) is 5.91 Å². The van der Waals surface area contributed by atoms with Gasteiger partial charge < -0.3 is 10.1 Å². The first kappa shape index (κ1) is 14.7. The number of ether oxygens (including phenoxy) is 1. The lowest BCUT2D eigenvalue weighted by atomic mass is 9.75. The third kappa shape index (κ3) is 2.59. The molecule has 4 rings (SSSR count). The summed E-state index contributed by atoms with van der Waals surface area (Å²) in [6, 6.07) is 2.60. The highest BCUT2D eigenvalue weighted by Gasteiger charge is 2.53. The van der Waals surface area contributed by atoms with Crippen LogP contribution in [0.1, 0.15) is 37.7 Å². The number of fused-ring (bicyclic) bond motifs is 1. The summed E-state index contributed by atoms with van der Waals surface area (Å²) in [6.07, 6.45) is 5.50. The molecular weight excluding hydrogens is 296 g/mol. The molecule has 0 spiro atoms. The number of hydrogen-bond donors (Lipinski definition) is 1. The van der Waals surface area contributed by atoms with Crippen molar-refractivity contribution in [2.24, 2.45) is 5.41 Å². The smallest absolute Gasteiger partial charge is 0.230 e. The average Bonchev–Trinajstić information content (AvgIpc) is 3.12. The van der Waals surface area contributed by atoms with Gasteiger partial charge >= 0.3 is 0 Å². The standard InChI is InChI=1S/C17H24N2O2S/c20-16(18-14-2-1-3-14)17-6-8-21-15(17)4-7-19(12-17)10-13-5-9-22-11-13/h5,9,11,14-15H,1-4,6-8,10,12H2,(H,18,20)/t15-,17-/m0/s1. The summed E-state index contributed by atoms with van der Waals surface area (Å²) in [4.78, 5) is 15.4. The van der Waals surface area contributed by atoms with Crippen molar-refractivity contribution >= 4 is 17.2 Å². The average molecular weight is 320 g/mol. The van der Waals surface area contributed by atoms with Crippen molar-refractivity contribution in [2.45, 2.75) is 50.8 Å². The van der Waals surface area contributed by atoms with Crippen LogP contribution >= 0.6 is 11.3 Å². The number of piperidine rings is 1. The third-order valence-electron chi connectivity index (χ3n) is 5.58. The van der Waals surface area contributed by atoms with Gasteiger partial charge in [0, 0.05) is 32.3 Å². The zero-order chi connectivity index (χ0) is 15.0. The highest BCUT2D eigenvalue weighted by atomic mass is 32.1. The van der Waals surface area contributed by atoms with E-state index in [0.29, 0.717) is 6.04 Å². The van der Waals surface area contributed by atoms with Gasteiger partial charge in [-0.05, 0) is 54.5 Å². The van der Waals surface area contributed by atoms with Crippen molar-refractivity contribution in [1.29, 1.82) is 0 Å². The number of hydrogen-bond acceptors (Lipinski definition) is 4. The van der Waals surface area contributed by atoms with Gasteiger partial charge in [-0.1, -0.05) is 0 Å². The molecule has 0 aromatic carbocycles. The second kappa shape index (κ2) is 5.95. The molecule has 1 saturated carbocycles. The van der Waals surface area contributed by atoms with Crippen LogP contribution in [0.15, 0.2) is 16.8 Å². The fourth-order valence-electron chi connectivity index (χ4n) is 4.01. The number of amides is 1. The van der Waals surface area contributed by atoms with Crippen LogP contribution in [0.5, 0.6) is 0 Å². The number of likely N-dealkylation sites (tertiary alicyclic amines) is 1. The molecule has 1 aromatic rings. The van der Waals surface area contributed by atoms with Crippen LogP contribution in [0.25, 0.3) is 0 Å². The molecule has 0 bridgehead atoms. The first-order valence-corrected chi connectivity index (χ1v) is 9.36. The van der Waals surface area contributed by atoms with E-state index in [4.69, 9.17) is 4.74 Å². The van der Waals surface area contributed by atoms with Crippen molar-refractivity contribution < 1.29 is 9.53 Å². The highest BCUT2D eigenvalue weighted by molar-refractivity contribution is 7.07. The second-order valence-electron chi connectivity index (χ2n) is 7.00. The summed E-state index contributed by atoms with van der Waals surface area (Å²) in [5, 5.41) is 7.62. The minimum Gasteiger partial charge on any atom is -0.377 e. The molecule has 1 amide bonds. The molecule has 5 heteroatoms. The fraction of sp³-hybridized carbons (Fsp3) is 0.706. The second-order valence-corrected chi connectivity index (χ2v) is 7.78. The van der Waals surface area contributed by atoms with Crippen molar-refractivity contribution in [1.82, 2.24) is 10.2 Å². The monoisotopic (exact) mass is 320 g/mol. The number of carbonyl (C=O) groups is 1. The zero-order valence-electron chi connectivity index (χ0n) is 12.9. The summed E-state index contributed by atoms with van der Waals surface area (Å²) >= 11 is 1.74. The quantitative estimate of drug-likeness (QED) is 0.926. The van der Waals surface area contributed by atoms with Crippen LogP contribution < -0.4 is 5.32 Å². The first-order valence-electron chi connectivity index (χ1n) is 8.42. The Morgan fingerprint density at radius 3 is 3.09 bits per heavy atom. The van der Waals surface area contributed by atoms with Crippen LogP contribution in [-0.4, -0.2) is 42.6 Å². The number of nitrogens with zero attached hydrogens (tertiary/aromatic N) is 1. The van der Waals surface area contributed by atoms with E-state index in [2.05, 4.69) is 27.0 Å². The van der Waals surface area contributed by atoms with Gasteiger partial charge in [0.25, 0.3) is 0 Å². The van der Waals surface area contributed by atoms with Crippen LogP contribution in [0.4, 0.5) is 0 Å². The van der Waals surface area contributed by atoms with Crippen LogP contribution in [-0.2, 0) is 16.1 Å². The summed E-state index contributed by atoms with van der Waals surface area (Å²) in [6.45, 7) is 3.55. The summed E-state index contributed by atoms with van der Waals surface area (Å²) < 4.78 is 5.91. The molecule has 2 saturated heterocycles. The normalized spacial score (nSPS) is 32.5. The number of rotatable bonds is 4. The lowest BCUT2D eigenvalue weighted by Gasteiger charge is -2.43. The van der Waals surface area contributed by atoms with E-state index >= 15 is 0 Å². The van der Waals surface area contributed by atoms with Crippen molar-refractivity contribution in [3.63, 3.8) is 0 Å². The Morgan fingerprint density at radius 1 is 1.45 bits per heavy atom. The number of nitrogens with one attached hydrogen (secondary N) is 1. The Kier molecular flexibility index (Phi) is 3.96. The largest absolute Gasteiger partial charge is 0.377 e. The predicted molar refractivity (Wildman–Crippen MR) is 86.8 cm³/mol. The van der Waals surface area contributed by atoms with E-state index in [-0.39, 0.29) is 17.4 Å². The van der Waals surface area contributed by atoms with Gasteiger partial charge in [0.1, 0.15) is 0 Å². The van der Waals surface area contributed by atoms with Gasteiger partial charge in [-0.3, -0.25) is 9.69 Å². The molecule has 2 atom stereocenters. The molecule has 3 heterocycles. The van der Waals surface area contributed by atoms with E-state index in [1.54, 1.807) is 11.3 Å². The molecule has 3 aliphatic rings. The molecule has 1 aliphatic carbocycles. The van der Waals surface area contributed by atoms with E-state index in [0.717, 1.165) is 51.9 Å². The molecule has 4 nitrogen and oxygen atoms in total. The Bertz CT molecular complexity index is 529. The molecule has 3 fully saturated rings. The van der Waals surface area contributed by atoms with Gasteiger partial charge in [-0.25, -0.2) is 0 Å². The molecule has 0 radical (unpaired) electrons. The molecule has 0 unspecified atom stereocenters. The van der Waals surface area contributed by atoms with E-state index in [1.165, 1.54) is 12.0 Å². The van der Waals surface area contributed by atoms with E-state index < -0.39 is 0 Å². The Hall–Kier alpha value is -0.910. The van der Waals surface area contributed by atoms with Crippen molar-refractivity contribution in [3.05, 3.63) is 22.4 Å². The van der Waals surface area contributed by atoms with E-state index in [1.807, 2.05) is 0 Å². The fourth-order valence-corrected chi connectivity index (χ4v) is 4.67. The SMILES string of the molecule is O=C(NC1CCC1)[C@]12CCO[C@H]1CCN(Cc1ccsc1)C2. The number of carbonyl (C=O) groups excluding carboxylic acids is 1. The zero-order valence-corrected chi connectivity index (χ0v) is 13.7. The molecule has 1 N–H and O–H groups in total. The minimum absolute atomic E-state index is 0.117. The lowest BCUT2D eigenvalue weighted by Crippen LogP contribution is -2.58. The Morgan fingerprint density at radius 2 is 2.36 bits per heavy atom. The minimum atomic E-state index is -0.316. The van der Waals surface area contributed by atoms with Gasteiger partial charge in [-0.2, -0.15) is 11.3 Å². The van der Waals surface area contributed by atoms with Gasteiger partial charge in [0.05, 0.1) is 11.5 Å². The maximum absolute atomic E-state index is 12.9. The summed E-state index contributed by atoms with van der Waals surface area (Å²) in [5.41, 5.74) is 1.04. The Balaban J connectivity index is 1.48. The van der Waals surface area contributed by atoms with Crippen LogP contribution in [0.2, 0.25) is 0 Å². The lowest BCUT2D eigenvalue weighted by molar-refractivity contribution is -0.140. The highest BCUT2D eigenvalue weighted by Crippen LogP contribution is 2.42. The van der Waals surface area contributed by atoms with Gasteiger partial charge in [0.15, 0.2) is 0 Å². The topological polar surface area (TPSA) is 41.6 Å². The molecule has 1 aromatic heterocycles. The van der Waals surface area contributed by atoms with Crippen LogP contribution in [0.3, 0.4) is 0 Å². The van der Waals surface area contributed by atoms with Crippen molar-refractivity contribution in [2.75, 3.05) is 19.7 Å². The maximum atomic E-state index is 12.9. The number of thiophene rings is 1. The van der Waals surface area contributed by atoms with Crippen LogP contribution in [0, 0.1) is 5.41 Å². The molecule has 22 heavy (non-hydrogen) atoms. The predicted octanol–water partition coefficient (Wildman–Crippen LogP) is 2.40. The summed E-state index contributed by atoms with van der Waals surface area (Å²) in [5.74, 6) is 0.245. The van der Waals surface area contributed by atoms with Crippen molar-refractivity contribution in [3.8, 4) is 0 Å².